The predicted molar refractivity (Wildman–Crippen MR) is 114 cm³/mol. The topological polar surface area (TPSA) is 55.8 Å². The number of rotatable bonds is 19. The van der Waals surface area contributed by atoms with Crippen molar-refractivity contribution in [3.05, 3.63) is 35.9 Å². The zero-order chi connectivity index (χ0) is 20.3. The zero-order valence-electron chi connectivity index (χ0n) is 17.7. The van der Waals surface area contributed by atoms with E-state index in [0.29, 0.717) is 6.61 Å². The number of hydrogen-bond donors (Lipinski definition) is 1. The van der Waals surface area contributed by atoms with Crippen LogP contribution >= 0.6 is 0 Å². The first-order valence-corrected chi connectivity index (χ1v) is 11.2. The van der Waals surface area contributed by atoms with Gasteiger partial charge in [-0.1, -0.05) is 108 Å². The van der Waals surface area contributed by atoms with E-state index < -0.39 is 5.97 Å². The van der Waals surface area contributed by atoms with Gasteiger partial charge < -0.3 is 14.6 Å². The summed E-state index contributed by atoms with van der Waals surface area (Å²) in [4.78, 5) is 11.0. The molecule has 4 nitrogen and oxygen atoms in total. The second-order valence-corrected chi connectivity index (χ2v) is 7.66. The molecule has 1 atom stereocenters. The number of benzene rings is 1. The summed E-state index contributed by atoms with van der Waals surface area (Å²) in [5.41, 5.74) is 1.09. The molecule has 1 aromatic carbocycles. The first-order chi connectivity index (χ1) is 13.7. The fourth-order valence-electron chi connectivity index (χ4n) is 3.35. The predicted octanol–water partition coefficient (Wildman–Crippen LogP) is 6.72. The molecule has 0 amide bonds. The molecule has 0 heterocycles. The summed E-state index contributed by atoms with van der Waals surface area (Å²) in [6, 6.07) is 9.91. The SMILES string of the molecule is CCCCCCCCCCCCCC(CC(=O)O)OCOCc1ccccc1. The van der Waals surface area contributed by atoms with Gasteiger partial charge in [0, 0.05) is 0 Å². The van der Waals surface area contributed by atoms with Gasteiger partial charge in [-0.3, -0.25) is 4.79 Å². The number of ether oxygens (including phenoxy) is 2. The average Bonchev–Trinajstić information content (AvgIpc) is 2.69. The molecular formula is C24H40O4. The maximum absolute atomic E-state index is 11.0. The summed E-state index contributed by atoms with van der Waals surface area (Å²) in [5.74, 6) is -0.809. The molecule has 0 spiro atoms. The lowest BCUT2D eigenvalue weighted by atomic mass is 10.0. The van der Waals surface area contributed by atoms with Crippen LogP contribution in [0.25, 0.3) is 0 Å². The second-order valence-electron chi connectivity index (χ2n) is 7.66. The van der Waals surface area contributed by atoms with E-state index in [-0.39, 0.29) is 19.3 Å². The number of unbranched alkanes of at least 4 members (excludes halogenated alkanes) is 10. The highest BCUT2D eigenvalue weighted by Gasteiger charge is 2.13. The van der Waals surface area contributed by atoms with Crippen LogP contribution in [0.15, 0.2) is 30.3 Å². The van der Waals surface area contributed by atoms with Crippen LogP contribution in [-0.4, -0.2) is 24.0 Å². The zero-order valence-corrected chi connectivity index (χ0v) is 17.7. The van der Waals surface area contributed by atoms with Gasteiger partial charge in [0.2, 0.25) is 0 Å². The number of hydrogen-bond acceptors (Lipinski definition) is 3. The Balaban J connectivity index is 2.02. The van der Waals surface area contributed by atoms with E-state index in [2.05, 4.69) is 6.92 Å². The molecule has 0 saturated carbocycles. The first-order valence-electron chi connectivity index (χ1n) is 11.2. The molecule has 0 aliphatic heterocycles. The fourth-order valence-corrected chi connectivity index (χ4v) is 3.35. The third-order valence-electron chi connectivity index (χ3n) is 5.03. The normalized spacial score (nSPS) is 12.2. The van der Waals surface area contributed by atoms with Crippen molar-refractivity contribution in [1.29, 1.82) is 0 Å². The molecule has 0 aliphatic rings. The minimum absolute atomic E-state index is 0.0481. The minimum atomic E-state index is -0.809. The molecule has 0 bridgehead atoms. The Morgan fingerprint density at radius 2 is 1.46 bits per heavy atom. The monoisotopic (exact) mass is 392 g/mol. The van der Waals surface area contributed by atoms with Crippen molar-refractivity contribution in [2.24, 2.45) is 0 Å². The van der Waals surface area contributed by atoms with Crippen molar-refractivity contribution >= 4 is 5.97 Å². The van der Waals surface area contributed by atoms with Crippen LogP contribution in [0.1, 0.15) is 96.0 Å². The molecule has 0 aromatic heterocycles. The number of carbonyl (C=O) groups is 1. The van der Waals surface area contributed by atoms with Crippen LogP contribution < -0.4 is 0 Å². The van der Waals surface area contributed by atoms with Crippen molar-refractivity contribution in [3.8, 4) is 0 Å². The van der Waals surface area contributed by atoms with Crippen molar-refractivity contribution in [1.82, 2.24) is 0 Å². The summed E-state index contributed by atoms with van der Waals surface area (Å²) >= 11 is 0. The van der Waals surface area contributed by atoms with Gasteiger partial charge in [0.1, 0.15) is 6.79 Å². The molecule has 1 rings (SSSR count). The van der Waals surface area contributed by atoms with Gasteiger partial charge in [0.25, 0.3) is 0 Å². The van der Waals surface area contributed by atoms with Crippen molar-refractivity contribution in [2.75, 3.05) is 6.79 Å². The second kappa shape index (κ2) is 17.7. The van der Waals surface area contributed by atoms with Crippen LogP contribution in [0.5, 0.6) is 0 Å². The van der Waals surface area contributed by atoms with E-state index in [9.17, 15) is 4.79 Å². The Labute approximate surface area is 171 Å². The van der Waals surface area contributed by atoms with Crippen LogP contribution in [0.3, 0.4) is 0 Å². The summed E-state index contributed by atoms with van der Waals surface area (Å²) in [5, 5.41) is 9.07. The van der Waals surface area contributed by atoms with Crippen LogP contribution in [0.4, 0.5) is 0 Å². The Bertz CT molecular complexity index is 475. The van der Waals surface area contributed by atoms with Gasteiger partial charge in [0.15, 0.2) is 0 Å². The number of aliphatic carboxylic acids is 1. The molecule has 1 aromatic rings. The van der Waals surface area contributed by atoms with Crippen molar-refractivity contribution in [2.45, 2.75) is 103 Å². The van der Waals surface area contributed by atoms with Crippen molar-refractivity contribution < 1.29 is 19.4 Å². The first kappa shape index (κ1) is 24.6. The Kier molecular flexibility index (Phi) is 15.6. The van der Waals surface area contributed by atoms with Gasteiger partial charge in [-0.25, -0.2) is 0 Å². The van der Waals surface area contributed by atoms with E-state index >= 15 is 0 Å². The fraction of sp³-hybridized carbons (Fsp3) is 0.708. The molecule has 1 N–H and O–H groups in total. The van der Waals surface area contributed by atoms with Crippen molar-refractivity contribution in [3.63, 3.8) is 0 Å². The third kappa shape index (κ3) is 14.6. The largest absolute Gasteiger partial charge is 0.481 e. The quantitative estimate of drug-likeness (QED) is 0.210. The van der Waals surface area contributed by atoms with Gasteiger partial charge >= 0.3 is 5.97 Å². The summed E-state index contributed by atoms with van der Waals surface area (Å²) in [6.45, 7) is 2.88. The Hall–Kier alpha value is -1.39. The summed E-state index contributed by atoms with van der Waals surface area (Å²) in [7, 11) is 0. The van der Waals surface area contributed by atoms with Gasteiger partial charge in [-0.2, -0.15) is 0 Å². The Morgan fingerprint density at radius 3 is 2.04 bits per heavy atom. The minimum Gasteiger partial charge on any atom is -0.481 e. The maximum Gasteiger partial charge on any atom is 0.305 e. The third-order valence-corrected chi connectivity index (χ3v) is 5.03. The number of carboxylic acids is 1. The van der Waals surface area contributed by atoms with E-state index in [0.717, 1.165) is 24.8 Å². The van der Waals surface area contributed by atoms with Crippen LogP contribution in [-0.2, 0) is 20.9 Å². The molecule has 0 saturated heterocycles. The lowest BCUT2D eigenvalue weighted by molar-refractivity contribution is -0.145. The van der Waals surface area contributed by atoms with Gasteiger partial charge in [-0.05, 0) is 12.0 Å². The molecular weight excluding hydrogens is 352 g/mol. The molecule has 0 radical (unpaired) electrons. The van der Waals surface area contributed by atoms with Crippen LogP contribution in [0, 0.1) is 0 Å². The van der Waals surface area contributed by atoms with Crippen LogP contribution in [0.2, 0.25) is 0 Å². The van der Waals surface area contributed by atoms with E-state index in [4.69, 9.17) is 14.6 Å². The van der Waals surface area contributed by atoms with E-state index in [1.54, 1.807) is 0 Å². The molecule has 160 valence electrons. The molecule has 0 fully saturated rings. The summed E-state index contributed by atoms with van der Waals surface area (Å²) in [6.07, 6.45) is 14.8. The van der Waals surface area contributed by atoms with Gasteiger partial charge in [0.05, 0.1) is 19.1 Å². The lowest BCUT2D eigenvalue weighted by Gasteiger charge is -2.16. The molecule has 4 heteroatoms. The highest BCUT2D eigenvalue weighted by Crippen LogP contribution is 2.15. The highest BCUT2D eigenvalue weighted by molar-refractivity contribution is 5.67. The average molecular weight is 393 g/mol. The Morgan fingerprint density at radius 1 is 0.893 bits per heavy atom. The molecule has 28 heavy (non-hydrogen) atoms. The smallest absolute Gasteiger partial charge is 0.305 e. The van der Waals surface area contributed by atoms with Gasteiger partial charge in [-0.15, -0.1) is 0 Å². The molecule has 0 aliphatic carbocycles. The summed E-state index contributed by atoms with van der Waals surface area (Å²) < 4.78 is 11.2. The standard InChI is InChI=1S/C24H40O4/c1-2-3-4-5-6-7-8-9-10-11-15-18-23(19-24(25)26)28-21-27-20-22-16-13-12-14-17-22/h12-14,16-17,23H,2-11,15,18-21H2,1H3,(H,25,26). The number of carboxylic acid groups (broad SMARTS) is 1. The lowest BCUT2D eigenvalue weighted by Crippen LogP contribution is -2.19. The van der Waals surface area contributed by atoms with E-state index in [1.165, 1.54) is 57.8 Å². The van der Waals surface area contributed by atoms with E-state index in [1.807, 2.05) is 30.3 Å². The maximum atomic E-state index is 11.0. The molecule has 1 unspecified atom stereocenters. The highest BCUT2D eigenvalue weighted by atomic mass is 16.7.